The van der Waals surface area contributed by atoms with E-state index < -0.39 is 18.1 Å². The molecule has 1 heterocycles. The number of nitrogens with one attached hydrogen (secondary N) is 1. The number of carboxylic acid groups (broad SMARTS) is 1. The first-order chi connectivity index (χ1) is 16.3. The number of hydrogen-bond acceptors (Lipinski definition) is 5. The Kier molecular flexibility index (Phi) is 7.17. The minimum absolute atomic E-state index is 0.0154. The quantitative estimate of drug-likeness (QED) is 0.648. The predicted octanol–water partition coefficient (Wildman–Crippen LogP) is 3.39. The molecule has 1 saturated heterocycles. The normalized spacial score (nSPS) is 20.2. The summed E-state index contributed by atoms with van der Waals surface area (Å²) in [5.41, 5.74) is 4.42. The van der Waals surface area contributed by atoms with Gasteiger partial charge in [0.1, 0.15) is 12.6 Å². The average Bonchev–Trinajstić information content (AvgIpc) is 3.13. The minimum atomic E-state index is -1.03. The van der Waals surface area contributed by atoms with Crippen LogP contribution in [0, 0.1) is 0 Å². The van der Waals surface area contributed by atoms with Gasteiger partial charge in [-0.25, -0.2) is 4.79 Å². The fourth-order valence-corrected chi connectivity index (χ4v) is 4.89. The maximum Gasteiger partial charge on any atom is 0.407 e. The van der Waals surface area contributed by atoms with Crippen LogP contribution in [0.4, 0.5) is 4.79 Å². The summed E-state index contributed by atoms with van der Waals surface area (Å²) in [4.78, 5) is 38.6. The maximum atomic E-state index is 13.1. The van der Waals surface area contributed by atoms with E-state index in [2.05, 4.69) is 17.4 Å². The molecule has 0 saturated carbocycles. The number of benzene rings is 2. The molecule has 180 valence electrons. The fraction of sp³-hybridized carbons (Fsp3) is 0.423. The summed E-state index contributed by atoms with van der Waals surface area (Å²) in [5.74, 6) is -1.46. The number of alkyl carbamates (subject to hydrolysis) is 1. The Labute approximate surface area is 198 Å². The van der Waals surface area contributed by atoms with Crippen molar-refractivity contribution in [1.29, 1.82) is 0 Å². The van der Waals surface area contributed by atoms with Crippen molar-refractivity contribution >= 4 is 18.0 Å². The van der Waals surface area contributed by atoms with E-state index in [9.17, 15) is 14.4 Å². The van der Waals surface area contributed by atoms with Crippen LogP contribution in [0.15, 0.2) is 48.5 Å². The van der Waals surface area contributed by atoms with Crippen molar-refractivity contribution in [2.45, 2.75) is 50.9 Å². The molecule has 1 unspecified atom stereocenters. The van der Waals surface area contributed by atoms with E-state index >= 15 is 0 Å². The van der Waals surface area contributed by atoms with Gasteiger partial charge in [0.2, 0.25) is 5.91 Å². The van der Waals surface area contributed by atoms with Crippen molar-refractivity contribution in [2.24, 2.45) is 0 Å². The Balaban J connectivity index is 1.43. The van der Waals surface area contributed by atoms with Gasteiger partial charge in [-0.05, 0) is 42.5 Å². The van der Waals surface area contributed by atoms with Gasteiger partial charge in [0.15, 0.2) is 0 Å². The van der Waals surface area contributed by atoms with Gasteiger partial charge in [-0.2, -0.15) is 0 Å². The molecule has 0 spiro atoms. The molecule has 2 amide bonds. The monoisotopic (exact) mass is 466 g/mol. The van der Waals surface area contributed by atoms with Crippen LogP contribution in [-0.2, 0) is 19.1 Å². The number of carboxylic acids is 1. The number of morpholine rings is 1. The van der Waals surface area contributed by atoms with Crippen LogP contribution in [-0.4, -0.2) is 65.9 Å². The molecular weight excluding hydrogens is 436 g/mol. The smallest absolute Gasteiger partial charge is 0.407 e. The summed E-state index contributed by atoms with van der Waals surface area (Å²) in [6.07, 6.45) is -1.27. The van der Waals surface area contributed by atoms with E-state index in [0.29, 0.717) is 13.1 Å². The Hall–Kier alpha value is -3.39. The van der Waals surface area contributed by atoms with Crippen molar-refractivity contribution in [2.75, 3.05) is 19.7 Å². The molecule has 0 aromatic heterocycles. The van der Waals surface area contributed by atoms with Gasteiger partial charge in [-0.3, -0.25) is 9.59 Å². The highest BCUT2D eigenvalue weighted by atomic mass is 16.5. The summed E-state index contributed by atoms with van der Waals surface area (Å²) in [7, 11) is 0. The molecule has 8 heteroatoms. The number of carbonyl (C=O) groups is 3. The lowest BCUT2D eigenvalue weighted by Crippen LogP contribution is -2.55. The Morgan fingerprint density at radius 2 is 1.59 bits per heavy atom. The van der Waals surface area contributed by atoms with Gasteiger partial charge in [0.25, 0.3) is 0 Å². The van der Waals surface area contributed by atoms with E-state index in [4.69, 9.17) is 14.6 Å². The summed E-state index contributed by atoms with van der Waals surface area (Å²) in [6, 6.07) is 15.1. The van der Waals surface area contributed by atoms with Crippen LogP contribution in [0.3, 0.4) is 0 Å². The summed E-state index contributed by atoms with van der Waals surface area (Å²) in [5, 5.41) is 11.7. The molecule has 1 aliphatic carbocycles. The maximum absolute atomic E-state index is 13.1. The number of aliphatic carboxylic acids is 1. The molecule has 0 bridgehead atoms. The van der Waals surface area contributed by atoms with Gasteiger partial charge in [0.05, 0.1) is 12.2 Å². The highest BCUT2D eigenvalue weighted by Gasteiger charge is 2.33. The lowest BCUT2D eigenvalue weighted by atomic mass is 9.98. The third kappa shape index (κ3) is 5.22. The Morgan fingerprint density at radius 3 is 2.15 bits per heavy atom. The van der Waals surface area contributed by atoms with Crippen LogP contribution in [0.25, 0.3) is 11.1 Å². The predicted molar refractivity (Wildman–Crippen MR) is 125 cm³/mol. The van der Waals surface area contributed by atoms with E-state index in [0.717, 1.165) is 22.3 Å². The molecule has 4 rings (SSSR count). The van der Waals surface area contributed by atoms with E-state index in [1.165, 1.54) is 0 Å². The molecule has 2 N–H and O–H groups in total. The SMILES string of the molecule is C[C@@H]1CN(C(=O)C(CCC(=O)O)NC(=O)OCC2c3ccccc3-c3ccccc32)C[C@H](C)O1. The molecule has 1 fully saturated rings. The van der Waals surface area contributed by atoms with Crippen molar-refractivity contribution in [3.05, 3.63) is 59.7 Å². The van der Waals surface area contributed by atoms with Crippen LogP contribution >= 0.6 is 0 Å². The Bertz CT molecular complexity index is 1020. The second kappa shape index (κ2) is 10.3. The molecule has 2 aliphatic rings. The highest BCUT2D eigenvalue weighted by molar-refractivity contribution is 5.86. The van der Waals surface area contributed by atoms with E-state index in [1.807, 2.05) is 50.2 Å². The van der Waals surface area contributed by atoms with Crippen LogP contribution in [0.1, 0.15) is 43.7 Å². The standard InChI is InChI=1S/C26H30N2O6/c1-16-13-28(14-17(2)34-16)25(31)23(11-12-24(29)30)27-26(32)33-15-22-20-9-5-3-7-18(20)19-8-4-6-10-21(19)22/h3-10,16-17,22-23H,11-15H2,1-2H3,(H,27,32)(H,29,30)/t16-,17+,23?. The molecule has 8 nitrogen and oxygen atoms in total. The van der Waals surface area contributed by atoms with Crippen LogP contribution in [0.2, 0.25) is 0 Å². The number of amides is 2. The first-order valence-electron chi connectivity index (χ1n) is 11.6. The lowest BCUT2D eigenvalue weighted by Gasteiger charge is -2.37. The molecule has 0 radical (unpaired) electrons. The second-order valence-electron chi connectivity index (χ2n) is 8.96. The second-order valence-corrected chi connectivity index (χ2v) is 8.96. The molecular formula is C26H30N2O6. The number of nitrogens with zero attached hydrogens (tertiary/aromatic N) is 1. The number of fused-ring (bicyclic) bond motifs is 3. The van der Waals surface area contributed by atoms with Gasteiger partial charge < -0.3 is 24.8 Å². The van der Waals surface area contributed by atoms with Gasteiger partial charge >= 0.3 is 12.1 Å². The third-order valence-electron chi connectivity index (χ3n) is 6.31. The average molecular weight is 467 g/mol. The molecule has 1 aliphatic heterocycles. The molecule has 2 aromatic rings. The van der Waals surface area contributed by atoms with Crippen molar-refractivity contribution in [3.8, 4) is 11.1 Å². The highest BCUT2D eigenvalue weighted by Crippen LogP contribution is 2.44. The van der Waals surface area contributed by atoms with Crippen molar-refractivity contribution < 1.29 is 29.0 Å². The largest absolute Gasteiger partial charge is 0.481 e. The summed E-state index contributed by atoms with van der Waals surface area (Å²) in [6.45, 7) is 4.64. The first-order valence-corrected chi connectivity index (χ1v) is 11.6. The van der Waals surface area contributed by atoms with Crippen molar-refractivity contribution in [3.63, 3.8) is 0 Å². The summed E-state index contributed by atoms with van der Waals surface area (Å²) >= 11 is 0. The van der Waals surface area contributed by atoms with Crippen LogP contribution < -0.4 is 5.32 Å². The zero-order chi connectivity index (χ0) is 24.2. The zero-order valence-electron chi connectivity index (χ0n) is 19.4. The van der Waals surface area contributed by atoms with Gasteiger partial charge in [-0.15, -0.1) is 0 Å². The lowest BCUT2D eigenvalue weighted by molar-refractivity contribution is -0.146. The van der Waals surface area contributed by atoms with E-state index in [1.54, 1.807) is 4.90 Å². The molecule has 2 aromatic carbocycles. The number of rotatable bonds is 7. The number of carbonyl (C=O) groups excluding carboxylic acids is 2. The van der Waals surface area contributed by atoms with Crippen molar-refractivity contribution in [1.82, 2.24) is 10.2 Å². The molecule has 34 heavy (non-hydrogen) atoms. The first kappa shape index (κ1) is 23.8. The zero-order valence-corrected chi connectivity index (χ0v) is 19.4. The topological polar surface area (TPSA) is 105 Å². The Morgan fingerprint density at radius 1 is 1.03 bits per heavy atom. The summed E-state index contributed by atoms with van der Waals surface area (Å²) < 4.78 is 11.2. The minimum Gasteiger partial charge on any atom is -0.481 e. The molecule has 3 atom stereocenters. The van der Waals surface area contributed by atoms with Gasteiger partial charge in [-0.1, -0.05) is 48.5 Å². The van der Waals surface area contributed by atoms with Crippen LogP contribution in [0.5, 0.6) is 0 Å². The van der Waals surface area contributed by atoms with Gasteiger partial charge in [0, 0.05) is 25.4 Å². The number of hydrogen-bond donors (Lipinski definition) is 2. The number of ether oxygens (including phenoxy) is 2. The third-order valence-corrected chi connectivity index (χ3v) is 6.31. The van der Waals surface area contributed by atoms with E-state index in [-0.39, 0.29) is 43.5 Å². The fourth-order valence-electron chi connectivity index (χ4n) is 4.89.